The fourth-order valence-electron chi connectivity index (χ4n) is 1.60. The summed E-state index contributed by atoms with van der Waals surface area (Å²) in [6, 6.07) is 4.09. The van der Waals surface area contributed by atoms with E-state index >= 15 is 0 Å². The maximum atomic E-state index is 13.3. The van der Waals surface area contributed by atoms with E-state index in [9.17, 15) is 9.50 Å². The third kappa shape index (κ3) is 2.22. The number of para-hydroxylation sites is 1. The number of rotatable bonds is 0. The molecule has 3 nitrogen and oxygen atoms in total. The fraction of sp³-hybridized carbons (Fsp3) is 0.400. The Morgan fingerprint density at radius 1 is 1.47 bits per heavy atom. The van der Waals surface area contributed by atoms with Crippen molar-refractivity contribution in [3.63, 3.8) is 0 Å². The van der Waals surface area contributed by atoms with E-state index in [4.69, 9.17) is 10.5 Å². The van der Waals surface area contributed by atoms with E-state index < -0.39 is 18.0 Å². The fourth-order valence-corrected chi connectivity index (χ4v) is 1.60. The Morgan fingerprint density at radius 2 is 2.20 bits per heavy atom. The topological polar surface area (TPSA) is 55.5 Å². The van der Waals surface area contributed by atoms with Gasteiger partial charge in [0.05, 0.1) is 12.7 Å². The van der Waals surface area contributed by atoms with E-state index in [1.165, 1.54) is 6.07 Å². The van der Waals surface area contributed by atoms with Gasteiger partial charge in [-0.25, -0.2) is 4.39 Å². The van der Waals surface area contributed by atoms with Gasteiger partial charge in [0.25, 0.3) is 0 Å². The van der Waals surface area contributed by atoms with E-state index in [-0.39, 0.29) is 18.2 Å². The molecule has 15 heavy (non-hydrogen) atoms. The van der Waals surface area contributed by atoms with E-state index in [0.717, 1.165) is 0 Å². The van der Waals surface area contributed by atoms with Gasteiger partial charge in [-0.15, -0.1) is 12.4 Å². The van der Waals surface area contributed by atoms with Crippen LogP contribution in [0.4, 0.5) is 4.39 Å². The van der Waals surface area contributed by atoms with Crippen molar-refractivity contribution in [1.29, 1.82) is 0 Å². The van der Waals surface area contributed by atoms with Crippen LogP contribution in [0.2, 0.25) is 0 Å². The molecule has 3 N–H and O–H groups in total. The lowest BCUT2D eigenvalue weighted by molar-refractivity contribution is 0.144. The summed E-state index contributed by atoms with van der Waals surface area (Å²) in [5.74, 6) is -0.316. The summed E-state index contributed by atoms with van der Waals surface area (Å²) < 4.78 is 18.5. The minimum absolute atomic E-state index is 0. The van der Waals surface area contributed by atoms with Crippen LogP contribution >= 0.6 is 12.4 Å². The molecule has 0 aromatic heterocycles. The number of benzene rings is 1. The van der Waals surface area contributed by atoms with Crippen molar-refractivity contribution < 1.29 is 14.2 Å². The van der Waals surface area contributed by atoms with Crippen molar-refractivity contribution in [3.8, 4) is 5.75 Å². The monoisotopic (exact) mass is 233 g/mol. The van der Waals surface area contributed by atoms with Gasteiger partial charge in [0, 0.05) is 11.6 Å². The van der Waals surface area contributed by atoms with Crippen LogP contribution in [0.25, 0.3) is 0 Å². The average Bonchev–Trinajstić information content (AvgIpc) is 2.31. The summed E-state index contributed by atoms with van der Waals surface area (Å²) in [6.45, 7) is 0.339. The van der Waals surface area contributed by atoms with Gasteiger partial charge >= 0.3 is 0 Å². The molecule has 0 radical (unpaired) electrons. The highest BCUT2D eigenvalue weighted by Crippen LogP contribution is 2.32. The van der Waals surface area contributed by atoms with Crippen LogP contribution in [0, 0.1) is 5.82 Å². The number of aliphatic hydroxyl groups excluding tert-OH is 1. The number of hydrogen-bond donors (Lipinski definition) is 2. The van der Waals surface area contributed by atoms with Crippen LogP contribution < -0.4 is 10.5 Å². The molecule has 2 unspecified atom stereocenters. The van der Waals surface area contributed by atoms with Crippen LogP contribution in [0.3, 0.4) is 0 Å². The average molecular weight is 234 g/mol. The molecule has 0 bridgehead atoms. The predicted molar refractivity (Wildman–Crippen MR) is 56.7 cm³/mol. The Balaban J connectivity index is 0.00000112. The summed E-state index contributed by atoms with van der Waals surface area (Å²) >= 11 is 0. The number of hydrogen-bond acceptors (Lipinski definition) is 3. The molecule has 1 aliphatic heterocycles. The molecule has 2 rings (SSSR count). The highest BCUT2D eigenvalue weighted by Gasteiger charge is 2.25. The first-order valence-electron chi connectivity index (χ1n) is 4.55. The predicted octanol–water partition coefficient (Wildman–Crippen LogP) is 1.39. The van der Waals surface area contributed by atoms with Gasteiger partial charge in [0.2, 0.25) is 0 Å². The summed E-state index contributed by atoms with van der Waals surface area (Å²) in [7, 11) is 0. The molecule has 5 heteroatoms. The number of fused-ring (bicyclic) bond motifs is 1. The second-order valence-electron chi connectivity index (χ2n) is 3.40. The van der Waals surface area contributed by atoms with Crippen molar-refractivity contribution in [3.05, 3.63) is 29.6 Å². The van der Waals surface area contributed by atoms with E-state index in [0.29, 0.717) is 18.6 Å². The lowest BCUT2D eigenvalue weighted by atomic mass is 10.0. The molecule has 0 fully saturated rings. The van der Waals surface area contributed by atoms with Gasteiger partial charge in [-0.3, -0.25) is 0 Å². The summed E-state index contributed by atoms with van der Waals surface area (Å²) in [5.41, 5.74) is 6.13. The second-order valence-corrected chi connectivity index (χ2v) is 3.40. The maximum Gasteiger partial charge on any atom is 0.165 e. The van der Waals surface area contributed by atoms with E-state index in [2.05, 4.69) is 0 Å². The summed E-state index contributed by atoms with van der Waals surface area (Å²) in [5, 5.41) is 9.76. The van der Waals surface area contributed by atoms with Gasteiger partial charge in [0.1, 0.15) is 0 Å². The molecule has 0 spiro atoms. The number of ether oxygens (including phenoxy) is 1. The van der Waals surface area contributed by atoms with E-state index in [1.807, 2.05) is 0 Å². The number of halogens is 2. The molecular formula is C10H13ClFNO2. The number of nitrogens with two attached hydrogens (primary N) is 1. The quantitative estimate of drug-likeness (QED) is 0.712. The molecule has 0 aliphatic carbocycles. The zero-order valence-electron chi connectivity index (χ0n) is 8.02. The van der Waals surface area contributed by atoms with Crippen molar-refractivity contribution >= 4 is 12.4 Å². The minimum Gasteiger partial charge on any atom is -0.490 e. The van der Waals surface area contributed by atoms with Gasteiger partial charge in [-0.2, -0.15) is 0 Å². The van der Waals surface area contributed by atoms with Crippen LogP contribution in [0.15, 0.2) is 18.2 Å². The maximum absolute atomic E-state index is 13.3. The first kappa shape index (κ1) is 12.2. The Kier molecular flexibility index (Phi) is 3.90. The third-order valence-electron chi connectivity index (χ3n) is 2.42. The smallest absolute Gasteiger partial charge is 0.165 e. The molecule has 1 aliphatic rings. The highest BCUT2D eigenvalue weighted by molar-refractivity contribution is 5.85. The zero-order valence-corrected chi connectivity index (χ0v) is 8.84. The second kappa shape index (κ2) is 4.79. The molecule has 1 aromatic carbocycles. The Bertz CT molecular complexity index is 348. The lowest BCUT2D eigenvalue weighted by Crippen LogP contribution is -2.28. The Labute approximate surface area is 93.5 Å². The molecule has 1 aromatic rings. The summed E-state index contributed by atoms with van der Waals surface area (Å²) in [4.78, 5) is 0. The van der Waals surface area contributed by atoms with Gasteiger partial charge in [-0.1, -0.05) is 12.1 Å². The summed E-state index contributed by atoms with van der Waals surface area (Å²) in [6.07, 6.45) is -0.321. The Hall–Kier alpha value is -0.840. The molecule has 2 atom stereocenters. The molecular weight excluding hydrogens is 221 g/mol. The minimum atomic E-state index is -0.844. The first-order chi connectivity index (χ1) is 6.70. The first-order valence-corrected chi connectivity index (χ1v) is 4.55. The van der Waals surface area contributed by atoms with Crippen molar-refractivity contribution in [2.45, 2.75) is 18.6 Å². The lowest BCUT2D eigenvalue weighted by Gasteiger charge is -2.15. The zero-order chi connectivity index (χ0) is 10.1. The molecule has 0 saturated carbocycles. The van der Waals surface area contributed by atoms with Crippen molar-refractivity contribution in [1.82, 2.24) is 0 Å². The SMILES string of the molecule is Cl.NC1CCOc2c(F)cccc2C1O. The molecule has 1 heterocycles. The normalized spacial score (nSPS) is 24.5. The van der Waals surface area contributed by atoms with Crippen LogP contribution in [-0.4, -0.2) is 17.8 Å². The van der Waals surface area contributed by atoms with Gasteiger partial charge < -0.3 is 15.6 Å². The van der Waals surface area contributed by atoms with Crippen molar-refractivity contribution in [2.75, 3.05) is 6.61 Å². The highest BCUT2D eigenvalue weighted by atomic mass is 35.5. The van der Waals surface area contributed by atoms with Crippen LogP contribution in [-0.2, 0) is 0 Å². The largest absolute Gasteiger partial charge is 0.490 e. The van der Waals surface area contributed by atoms with Crippen LogP contribution in [0.5, 0.6) is 5.75 Å². The van der Waals surface area contributed by atoms with Gasteiger partial charge in [0.15, 0.2) is 11.6 Å². The van der Waals surface area contributed by atoms with Crippen LogP contribution in [0.1, 0.15) is 18.1 Å². The van der Waals surface area contributed by atoms with Crippen molar-refractivity contribution in [2.24, 2.45) is 5.73 Å². The Morgan fingerprint density at radius 3 is 2.93 bits per heavy atom. The molecule has 0 amide bonds. The molecule has 84 valence electrons. The molecule has 0 saturated heterocycles. The third-order valence-corrected chi connectivity index (χ3v) is 2.42. The standard InChI is InChI=1S/C10H12FNO2.ClH/c11-7-3-1-2-6-9(13)8(12)4-5-14-10(6)7;/h1-3,8-9,13H,4-5,12H2;1H. The van der Waals surface area contributed by atoms with E-state index in [1.54, 1.807) is 12.1 Å². The number of aliphatic hydroxyl groups is 1. The van der Waals surface area contributed by atoms with Gasteiger partial charge in [-0.05, 0) is 12.5 Å².